The Balaban J connectivity index is 1.90. The van der Waals surface area contributed by atoms with Gasteiger partial charge in [-0.15, -0.1) is 0 Å². The molecule has 4 rings (SSSR count). The minimum atomic E-state index is -4.52. The largest absolute Gasteiger partial charge is 0.343 e. The number of hydrogen-bond donors (Lipinski definition) is 0. The normalized spacial score (nSPS) is 15.3. The van der Waals surface area contributed by atoms with E-state index in [1.54, 1.807) is 0 Å². The van der Waals surface area contributed by atoms with Crippen LogP contribution in [0.3, 0.4) is 0 Å². The summed E-state index contributed by atoms with van der Waals surface area (Å²) >= 11 is 6.06. The van der Waals surface area contributed by atoms with Crippen LogP contribution in [0.25, 0.3) is 0 Å². The van der Waals surface area contributed by atoms with Gasteiger partial charge in [-0.1, -0.05) is 29.8 Å². The first-order valence-electron chi connectivity index (χ1n) is 8.55. The first-order valence-corrected chi connectivity index (χ1v) is 10.4. The molecule has 0 aromatic heterocycles. The maximum absolute atomic E-state index is 14.4. The smallest absolute Gasteiger partial charge is 0.287 e. The molecule has 1 aliphatic heterocycles. The minimum Gasteiger partial charge on any atom is -0.287 e. The van der Waals surface area contributed by atoms with Crippen molar-refractivity contribution in [1.82, 2.24) is 0 Å². The number of sulfonamides is 1. The molecule has 5 nitrogen and oxygen atoms in total. The van der Waals surface area contributed by atoms with Crippen molar-refractivity contribution >= 4 is 39.0 Å². The van der Waals surface area contributed by atoms with E-state index < -0.39 is 39.2 Å². The number of fused-ring (bicyclic) bond motifs is 1. The third-order valence-corrected chi connectivity index (χ3v) is 6.64. The van der Waals surface area contributed by atoms with Crippen LogP contribution < -0.4 is 9.21 Å². The lowest BCUT2D eigenvalue weighted by atomic mass is 10.2. The predicted molar refractivity (Wildman–Crippen MR) is 105 cm³/mol. The van der Waals surface area contributed by atoms with Gasteiger partial charge in [-0.05, 0) is 42.0 Å². The van der Waals surface area contributed by atoms with Gasteiger partial charge in [0, 0.05) is 11.1 Å². The first-order chi connectivity index (χ1) is 14.2. The average Bonchev–Trinajstić information content (AvgIpc) is 2.69. The predicted octanol–water partition coefficient (Wildman–Crippen LogP) is 5.09. The van der Waals surface area contributed by atoms with Crippen molar-refractivity contribution in [3.63, 3.8) is 0 Å². The van der Waals surface area contributed by atoms with Gasteiger partial charge in [0.1, 0.15) is 28.0 Å². The number of amides is 2. The summed E-state index contributed by atoms with van der Waals surface area (Å²) in [4.78, 5) is 14.0. The number of urea groups is 1. The molecular weight excluding hydrogens is 441 g/mol. The van der Waals surface area contributed by atoms with Gasteiger partial charge in [-0.25, -0.2) is 26.4 Å². The fourth-order valence-electron chi connectivity index (χ4n) is 3.16. The van der Waals surface area contributed by atoms with Gasteiger partial charge in [-0.2, -0.15) is 4.31 Å². The summed E-state index contributed by atoms with van der Waals surface area (Å²) in [7, 11) is -4.52. The molecule has 1 heterocycles. The number of carbonyl (C=O) groups excluding carboxylic acids is 1. The lowest BCUT2D eigenvalue weighted by molar-refractivity contribution is 0.253. The molecule has 1 aliphatic rings. The molecule has 0 aliphatic carbocycles. The maximum atomic E-state index is 14.4. The van der Waals surface area contributed by atoms with Crippen LogP contribution in [0.5, 0.6) is 0 Å². The van der Waals surface area contributed by atoms with Crippen molar-refractivity contribution in [2.24, 2.45) is 0 Å². The quantitative estimate of drug-likeness (QED) is 0.556. The molecule has 0 N–H and O–H groups in total. The minimum absolute atomic E-state index is 0.0252. The number of nitrogens with zero attached hydrogens (tertiary/aromatic N) is 2. The Morgan fingerprint density at radius 2 is 1.53 bits per heavy atom. The number of benzene rings is 3. The Morgan fingerprint density at radius 1 is 0.867 bits per heavy atom. The number of hydrogen-bond acceptors (Lipinski definition) is 3. The zero-order valence-corrected chi connectivity index (χ0v) is 16.6. The summed E-state index contributed by atoms with van der Waals surface area (Å²) in [5, 5.41) is 0.0252. The van der Waals surface area contributed by atoms with Crippen molar-refractivity contribution in [3.05, 3.63) is 88.7 Å². The topological polar surface area (TPSA) is 57.7 Å². The van der Waals surface area contributed by atoms with E-state index in [1.165, 1.54) is 30.3 Å². The highest BCUT2D eigenvalue weighted by atomic mass is 35.5. The fourth-order valence-corrected chi connectivity index (χ4v) is 4.98. The third kappa shape index (κ3) is 3.29. The second-order valence-corrected chi connectivity index (χ2v) is 8.60. The Kier molecular flexibility index (Phi) is 4.95. The Hall–Kier alpha value is -3.04. The SMILES string of the molecule is O=C1N(Cc2ccc(F)cc2Cl)c2ccccc2S(=O)(=O)N1c1cc(F)ccc1F. The van der Waals surface area contributed by atoms with Crippen LogP contribution >= 0.6 is 11.6 Å². The van der Waals surface area contributed by atoms with Gasteiger partial charge in [0.2, 0.25) is 0 Å². The van der Waals surface area contributed by atoms with Crippen molar-refractivity contribution < 1.29 is 26.4 Å². The molecule has 0 atom stereocenters. The molecule has 10 heteroatoms. The number of halogens is 4. The van der Waals surface area contributed by atoms with Crippen molar-refractivity contribution in [2.45, 2.75) is 11.4 Å². The summed E-state index contributed by atoms with van der Waals surface area (Å²) in [5.74, 6) is -2.59. The summed E-state index contributed by atoms with van der Waals surface area (Å²) in [6, 6.07) is 10.2. The second-order valence-electron chi connectivity index (χ2n) is 6.44. The number of anilines is 2. The van der Waals surface area contributed by atoms with Crippen LogP contribution in [0.1, 0.15) is 5.56 Å². The average molecular weight is 453 g/mol. The number of carbonyl (C=O) groups is 1. The summed E-state index contributed by atoms with van der Waals surface area (Å²) in [6.07, 6.45) is 0. The molecule has 0 bridgehead atoms. The van der Waals surface area contributed by atoms with E-state index in [1.807, 2.05) is 0 Å². The van der Waals surface area contributed by atoms with Crippen LogP contribution in [0.15, 0.2) is 65.6 Å². The first kappa shape index (κ1) is 20.2. The van der Waals surface area contributed by atoms with E-state index in [0.29, 0.717) is 11.6 Å². The van der Waals surface area contributed by atoms with E-state index in [-0.39, 0.29) is 26.5 Å². The molecule has 2 amide bonds. The lowest BCUT2D eigenvalue weighted by Gasteiger charge is -2.36. The molecular formula is C20H12ClF3N2O3S. The zero-order chi connectivity index (χ0) is 21.6. The molecule has 0 fully saturated rings. The fraction of sp³-hybridized carbons (Fsp3) is 0.0500. The lowest BCUT2D eigenvalue weighted by Crippen LogP contribution is -2.51. The standard InChI is InChI=1S/C20H12ClF3N2O3S/c21-15-9-13(22)6-5-12(15)11-25-17-3-1-2-4-19(17)30(28,29)26(20(25)27)18-10-14(23)7-8-16(18)24/h1-10H,11H2. The zero-order valence-electron chi connectivity index (χ0n) is 15.0. The van der Waals surface area contributed by atoms with Crippen LogP contribution in [-0.2, 0) is 16.6 Å². The Bertz CT molecular complexity index is 1280. The van der Waals surface area contributed by atoms with E-state index in [0.717, 1.165) is 29.2 Å². The highest BCUT2D eigenvalue weighted by Gasteiger charge is 2.43. The highest BCUT2D eigenvalue weighted by molar-refractivity contribution is 7.94. The molecule has 0 radical (unpaired) electrons. The summed E-state index contributed by atoms with van der Waals surface area (Å²) < 4.78 is 67.9. The summed E-state index contributed by atoms with van der Waals surface area (Å²) in [5.41, 5.74) is -0.374. The Morgan fingerprint density at radius 3 is 2.27 bits per heavy atom. The van der Waals surface area contributed by atoms with Gasteiger partial charge < -0.3 is 0 Å². The molecule has 3 aromatic carbocycles. The van der Waals surface area contributed by atoms with Crippen LogP contribution in [0, 0.1) is 17.5 Å². The van der Waals surface area contributed by atoms with Crippen LogP contribution in [0.2, 0.25) is 5.02 Å². The van der Waals surface area contributed by atoms with Gasteiger partial charge >= 0.3 is 6.03 Å². The number of para-hydroxylation sites is 1. The molecule has 0 saturated carbocycles. The van der Waals surface area contributed by atoms with E-state index >= 15 is 0 Å². The van der Waals surface area contributed by atoms with Crippen molar-refractivity contribution in [1.29, 1.82) is 0 Å². The van der Waals surface area contributed by atoms with E-state index in [9.17, 15) is 26.4 Å². The van der Waals surface area contributed by atoms with Crippen LogP contribution in [-0.4, -0.2) is 14.4 Å². The van der Waals surface area contributed by atoms with Crippen molar-refractivity contribution in [3.8, 4) is 0 Å². The third-order valence-electron chi connectivity index (χ3n) is 4.55. The Labute approximate surface area is 175 Å². The van der Waals surface area contributed by atoms with Gasteiger partial charge in [0.25, 0.3) is 10.0 Å². The molecule has 30 heavy (non-hydrogen) atoms. The van der Waals surface area contributed by atoms with E-state index in [2.05, 4.69) is 0 Å². The van der Waals surface area contributed by atoms with Gasteiger partial charge in [-0.3, -0.25) is 4.90 Å². The molecule has 0 unspecified atom stereocenters. The summed E-state index contributed by atoms with van der Waals surface area (Å²) in [6.45, 7) is -0.224. The van der Waals surface area contributed by atoms with E-state index in [4.69, 9.17) is 11.6 Å². The monoisotopic (exact) mass is 452 g/mol. The highest BCUT2D eigenvalue weighted by Crippen LogP contribution is 2.39. The van der Waals surface area contributed by atoms with Crippen LogP contribution in [0.4, 0.5) is 29.3 Å². The maximum Gasteiger partial charge on any atom is 0.343 e. The molecule has 0 spiro atoms. The van der Waals surface area contributed by atoms with Crippen molar-refractivity contribution in [2.75, 3.05) is 9.21 Å². The number of rotatable bonds is 3. The molecule has 3 aromatic rings. The second kappa shape index (κ2) is 7.33. The molecule has 154 valence electrons. The van der Waals surface area contributed by atoms with Gasteiger partial charge in [0.15, 0.2) is 0 Å². The van der Waals surface area contributed by atoms with Gasteiger partial charge in [0.05, 0.1) is 12.2 Å². The molecule has 0 saturated heterocycles.